The van der Waals surface area contributed by atoms with E-state index in [2.05, 4.69) is 5.32 Å². The fourth-order valence-electron chi connectivity index (χ4n) is 2.27. The molecule has 4 heteroatoms. The molecule has 110 valence electrons. The van der Waals surface area contributed by atoms with Crippen LogP contribution in [0, 0.1) is 12.7 Å². The highest BCUT2D eigenvalue weighted by Crippen LogP contribution is 2.19. The fourth-order valence-corrected chi connectivity index (χ4v) is 2.27. The van der Waals surface area contributed by atoms with Gasteiger partial charge in [0.25, 0.3) is 0 Å². The van der Waals surface area contributed by atoms with E-state index in [0.29, 0.717) is 17.8 Å². The van der Waals surface area contributed by atoms with E-state index in [4.69, 9.17) is 5.73 Å². The average Bonchev–Trinajstić information content (AvgIpc) is 2.41. The van der Waals surface area contributed by atoms with Crippen LogP contribution in [0.4, 0.5) is 15.8 Å². The van der Waals surface area contributed by atoms with Crippen LogP contribution in [0.3, 0.4) is 0 Å². The zero-order chi connectivity index (χ0) is 15.4. The molecule has 0 aliphatic carbocycles. The Morgan fingerprint density at radius 1 is 1.24 bits per heavy atom. The second-order valence-electron chi connectivity index (χ2n) is 5.11. The molecule has 3 nitrogen and oxygen atoms in total. The number of halogens is 1. The number of benzene rings is 2. The summed E-state index contributed by atoms with van der Waals surface area (Å²) in [5.74, 6) is -0.252. The van der Waals surface area contributed by atoms with Crippen molar-refractivity contribution in [2.45, 2.75) is 20.3 Å². The predicted octanol–water partition coefficient (Wildman–Crippen LogP) is 3.57. The van der Waals surface area contributed by atoms with Crippen molar-refractivity contribution in [1.82, 2.24) is 0 Å². The third kappa shape index (κ3) is 3.81. The number of Topliss-reactive ketones (excluding diaryl/α,β-unsaturated/α-hetero) is 1. The molecule has 0 spiro atoms. The van der Waals surface area contributed by atoms with Gasteiger partial charge in [0.2, 0.25) is 0 Å². The van der Waals surface area contributed by atoms with Crippen LogP contribution in [0.1, 0.15) is 28.4 Å². The zero-order valence-electron chi connectivity index (χ0n) is 12.2. The number of rotatable bonds is 5. The Balaban J connectivity index is 1.97. The minimum absolute atomic E-state index is 0.0408. The molecule has 0 unspecified atom stereocenters. The van der Waals surface area contributed by atoms with Crippen LogP contribution in [-0.4, -0.2) is 12.3 Å². The number of aryl methyl sites for hydroxylation is 1. The number of hydrogen-bond donors (Lipinski definition) is 2. The molecule has 21 heavy (non-hydrogen) atoms. The van der Waals surface area contributed by atoms with Crippen LogP contribution in [0.15, 0.2) is 36.4 Å². The van der Waals surface area contributed by atoms with Crippen molar-refractivity contribution in [3.63, 3.8) is 0 Å². The molecule has 0 atom stereocenters. The van der Waals surface area contributed by atoms with Crippen LogP contribution in [0.5, 0.6) is 0 Å². The summed E-state index contributed by atoms with van der Waals surface area (Å²) in [5, 5.41) is 3.26. The first-order valence-electron chi connectivity index (χ1n) is 6.86. The minimum atomic E-state index is -0.211. The third-order valence-electron chi connectivity index (χ3n) is 3.46. The van der Waals surface area contributed by atoms with Crippen molar-refractivity contribution in [2.75, 3.05) is 17.6 Å². The summed E-state index contributed by atoms with van der Waals surface area (Å²) in [6.45, 7) is 4.11. The van der Waals surface area contributed by atoms with E-state index in [1.54, 1.807) is 18.2 Å². The van der Waals surface area contributed by atoms with Gasteiger partial charge in [0.05, 0.1) is 0 Å². The molecule has 0 saturated heterocycles. The standard InChI is InChI=1S/C17H19FN2O/c1-11-9-14(18)4-3-13(11)7-8-20-15-5-6-16(12(2)21)17(19)10-15/h3-6,9-10,20H,7-8,19H2,1-2H3. The molecule has 2 aromatic rings. The van der Waals surface area contributed by atoms with Crippen molar-refractivity contribution in [3.05, 3.63) is 58.9 Å². The topological polar surface area (TPSA) is 55.1 Å². The number of hydrogen-bond acceptors (Lipinski definition) is 3. The molecule has 0 amide bonds. The quantitative estimate of drug-likeness (QED) is 0.652. The van der Waals surface area contributed by atoms with E-state index >= 15 is 0 Å². The van der Waals surface area contributed by atoms with E-state index in [9.17, 15) is 9.18 Å². The molecule has 0 saturated carbocycles. The highest BCUT2D eigenvalue weighted by molar-refractivity contribution is 5.99. The number of carbonyl (C=O) groups is 1. The molecule has 3 N–H and O–H groups in total. The fraction of sp³-hybridized carbons (Fsp3) is 0.235. The van der Waals surface area contributed by atoms with Gasteiger partial charge in [-0.1, -0.05) is 6.07 Å². The molecule has 0 aromatic heterocycles. The summed E-state index contributed by atoms with van der Waals surface area (Å²) >= 11 is 0. The van der Waals surface area contributed by atoms with E-state index in [-0.39, 0.29) is 11.6 Å². The Hall–Kier alpha value is -2.36. The smallest absolute Gasteiger partial charge is 0.161 e. The summed E-state index contributed by atoms with van der Waals surface area (Å²) in [7, 11) is 0. The number of nitrogens with one attached hydrogen (secondary N) is 1. The maximum atomic E-state index is 13.0. The van der Waals surface area contributed by atoms with Crippen molar-refractivity contribution in [1.29, 1.82) is 0 Å². The first-order valence-corrected chi connectivity index (χ1v) is 6.86. The molecule has 0 bridgehead atoms. The van der Waals surface area contributed by atoms with Crippen LogP contribution in [-0.2, 0) is 6.42 Å². The minimum Gasteiger partial charge on any atom is -0.398 e. The van der Waals surface area contributed by atoms with Gasteiger partial charge < -0.3 is 11.1 Å². The van der Waals surface area contributed by atoms with Crippen molar-refractivity contribution >= 4 is 17.2 Å². The monoisotopic (exact) mass is 286 g/mol. The molecule has 0 aliphatic heterocycles. The third-order valence-corrected chi connectivity index (χ3v) is 3.46. The lowest BCUT2D eigenvalue weighted by Gasteiger charge is -2.10. The summed E-state index contributed by atoms with van der Waals surface area (Å²) in [4.78, 5) is 11.3. The van der Waals surface area contributed by atoms with Gasteiger partial charge in [-0.25, -0.2) is 4.39 Å². The molecule has 2 aromatic carbocycles. The number of anilines is 2. The van der Waals surface area contributed by atoms with Crippen LogP contribution in [0.25, 0.3) is 0 Å². The van der Waals surface area contributed by atoms with E-state index < -0.39 is 0 Å². The second-order valence-corrected chi connectivity index (χ2v) is 5.11. The van der Waals surface area contributed by atoms with E-state index in [1.165, 1.54) is 19.1 Å². The summed E-state index contributed by atoms with van der Waals surface area (Å²) in [6.07, 6.45) is 0.792. The van der Waals surface area contributed by atoms with Gasteiger partial charge in [0.1, 0.15) is 5.82 Å². The van der Waals surface area contributed by atoms with Crippen molar-refractivity contribution in [3.8, 4) is 0 Å². The summed E-state index contributed by atoms with van der Waals surface area (Å²) < 4.78 is 13.0. The van der Waals surface area contributed by atoms with Crippen LogP contribution < -0.4 is 11.1 Å². The highest BCUT2D eigenvalue weighted by atomic mass is 19.1. The zero-order valence-corrected chi connectivity index (χ0v) is 12.2. The van der Waals surface area contributed by atoms with Gasteiger partial charge >= 0.3 is 0 Å². The Morgan fingerprint density at radius 2 is 2.00 bits per heavy atom. The highest BCUT2D eigenvalue weighted by Gasteiger charge is 2.05. The summed E-state index contributed by atoms with van der Waals surface area (Å²) in [5.41, 5.74) is 9.79. The van der Waals surface area contributed by atoms with Crippen molar-refractivity contribution < 1.29 is 9.18 Å². The number of nitrogen functional groups attached to an aromatic ring is 1. The number of ketones is 1. The normalized spacial score (nSPS) is 10.4. The van der Waals surface area contributed by atoms with Gasteiger partial charge in [-0.05, 0) is 61.7 Å². The number of nitrogens with two attached hydrogens (primary N) is 1. The Bertz CT molecular complexity index is 668. The lowest BCUT2D eigenvalue weighted by atomic mass is 10.1. The van der Waals surface area contributed by atoms with E-state index in [0.717, 1.165) is 23.2 Å². The largest absolute Gasteiger partial charge is 0.398 e. The first kappa shape index (κ1) is 15.0. The maximum Gasteiger partial charge on any atom is 0.161 e. The van der Waals surface area contributed by atoms with Gasteiger partial charge in [-0.3, -0.25) is 4.79 Å². The predicted molar refractivity (Wildman–Crippen MR) is 84.2 cm³/mol. The molecule has 0 heterocycles. The van der Waals surface area contributed by atoms with Gasteiger partial charge in [-0.15, -0.1) is 0 Å². The molecule has 0 fully saturated rings. The van der Waals surface area contributed by atoms with E-state index in [1.807, 2.05) is 13.0 Å². The van der Waals surface area contributed by atoms with Crippen LogP contribution >= 0.6 is 0 Å². The Kier molecular flexibility index (Phi) is 4.58. The second kappa shape index (κ2) is 6.39. The SMILES string of the molecule is CC(=O)c1ccc(NCCc2ccc(F)cc2C)cc1N. The Morgan fingerprint density at radius 3 is 2.62 bits per heavy atom. The van der Waals surface area contributed by atoms with Gasteiger partial charge in [0.15, 0.2) is 5.78 Å². The molecular weight excluding hydrogens is 267 g/mol. The lowest BCUT2D eigenvalue weighted by Crippen LogP contribution is -2.07. The lowest BCUT2D eigenvalue weighted by molar-refractivity contribution is 0.101. The molecule has 0 aliphatic rings. The first-order chi connectivity index (χ1) is 9.97. The number of carbonyl (C=O) groups excluding carboxylic acids is 1. The van der Waals surface area contributed by atoms with Crippen LogP contribution in [0.2, 0.25) is 0 Å². The van der Waals surface area contributed by atoms with Gasteiger partial charge in [-0.2, -0.15) is 0 Å². The van der Waals surface area contributed by atoms with Gasteiger partial charge in [0, 0.05) is 23.5 Å². The average molecular weight is 286 g/mol. The van der Waals surface area contributed by atoms with Crippen molar-refractivity contribution in [2.24, 2.45) is 0 Å². The molecule has 2 rings (SSSR count). The molecular formula is C17H19FN2O. The molecule has 0 radical (unpaired) electrons. The maximum absolute atomic E-state index is 13.0. The Labute approximate surface area is 124 Å². The summed E-state index contributed by atoms with van der Waals surface area (Å²) in [6, 6.07) is 10.1.